The smallest absolute Gasteiger partial charge is 0.131 e. The summed E-state index contributed by atoms with van der Waals surface area (Å²) in [5.41, 5.74) is 0.658. The zero-order chi connectivity index (χ0) is 19.8. The van der Waals surface area contributed by atoms with E-state index in [2.05, 4.69) is 0 Å². The van der Waals surface area contributed by atoms with Crippen LogP contribution in [0.2, 0.25) is 0 Å². The highest BCUT2D eigenvalue weighted by molar-refractivity contribution is 8.04. The van der Waals surface area contributed by atoms with E-state index in [1.54, 1.807) is 0 Å². The molecule has 0 N–H and O–H groups in total. The van der Waals surface area contributed by atoms with Crippen molar-refractivity contribution < 1.29 is 17.2 Å². The molecule has 0 saturated heterocycles. The van der Waals surface area contributed by atoms with E-state index < -0.39 is 33.2 Å². The number of rotatable bonds is 6. The molecule has 2 aromatic rings. The molecular weight excluding hydrogens is 390 g/mol. The van der Waals surface area contributed by atoms with Crippen LogP contribution in [0.4, 0.5) is 8.78 Å². The minimum Gasteiger partial charge on any atom is -0.254 e. The van der Waals surface area contributed by atoms with Gasteiger partial charge in [0.25, 0.3) is 0 Å². The van der Waals surface area contributed by atoms with Gasteiger partial charge in [-0.25, -0.2) is 8.78 Å². The molecule has 27 heavy (non-hydrogen) atoms. The van der Waals surface area contributed by atoms with E-state index in [4.69, 9.17) is 10.5 Å². The zero-order valence-electron chi connectivity index (χ0n) is 13.8. The molecule has 0 aliphatic rings. The molecule has 0 amide bonds. The van der Waals surface area contributed by atoms with Crippen molar-refractivity contribution >= 4 is 33.8 Å². The number of benzene rings is 2. The maximum atomic E-state index is 13.7. The molecule has 0 aromatic heterocycles. The zero-order valence-corrected chi connectivity index (χ0v) is 15.4. The van der Waals surface area contributed by atoms with Crippen LogP contribution in [0, 0.1) is 34.3 Å². The lowest BCUT2D eigenvalue weighted by Crippen LogP contribution is -1.99. The van der Waals surface area contributed by atoms with Gasteiger partial charge in [0.2, 0.25) is 0 Å². The summed E-state index contributed by atoms with van der Waals surface area (Å²) in [6.45, 7) is 0. The van der Waals surface area contributed by atoms with Gasteiger partial charge < -0.3 is 0 Å². The van der Waals surface area contributed by atoms with Crippen LogP contribution in [-0.4, -0.2) is 13.5 Å². The van der Waals surface area contributed by atoms with Crippen LogP contribution in [0.3, 0.4) is 0 Å². The van der Waals surface area contributed by atoms with E-state index in [0.29, 0.717) is 0 Å². The molecule has 0 fully saturated rings. The Hall–Kier alpha value is -2.94. The molecule has 2 unspecified atom stereocenters. The van der Waals surface area contributed by atoms with Crippen molar-refractivity contribution in [3.63, 3.8) is 0 Å². The molecule has 0 bridgehead atoms. The number of hydrogen-bond donors (Lipinski definition) is 0. The molecule has 0 aliphatic carbocycles. The molecule has 2 atom stereocenters. The van der Waals surface area contributed by atoms with Gasteiger partial charge in [-0.2, -0.15) is 10.5 Å². The predicted molar refractivity (Wildman–Crippen MR) is 101 cm³/mol. The van der Waals surface area contributed by atoms with Gasteiger partial charge in [-0.1, -0.05) is 12.1 Å². The molecule has 0 heterocycles. The van der Waals surface area contributed by atoms with Crippen LogP contribution in [0.15, 0.2) is 47.2 Å². The van der Waals surface area contributed by atoms with Gasteiger partial charge in [-0.15, -0.1) is 0 Å². The van der Waals surface area contributed by atoms with Crippen molar-refractivity contribution in [1.29, 1.82) is 10.5 Å². The molecule has 0 saturated carbocycles. The van der Waals surface area contributed by atoms with Gasteiger partial charge in [0.05, 0.1) is 44.9 Å². The first-order valence-corrected chi connectivity index (χ1v) is 10.2. The van der Waals surface area contributed by atoms with E-state index in [-0.39, 0.29) is 27.3 Å². The molecule has 0 spiro atoms. The number of hydrogen-bond acceptors (Lipinski definition) is 4. The summed E-state index contributed by atoms with van der Waals surface area (Å²) in [6.07, 6.45) is 2.57. The number of nitrogens with zero attached hydrogens (tertiary/aromatic N) is 2. The molecular formula is C19H12F2N2O2S2. The molecule has 2 aromatic carbocycles. The lowest BCUT2D eigenvalue weighted by molar-refractivity contribution is 0.624. The van der Waals surface area contributed by atoms with Crippen molar-refractivity contribution in [3.8, 4) is 12.1 Å². The van der Waals surface area contributed by atoms with Crippen molar-refractivity contribution in [2.24, 2.45) is 0 Å². The SMILES string of the molecule is N#Cc1ccc(/C=C\S(=O)CS(=O)/C=C/c2ccc(C#N)cc2F)c(F)c1. The Kier molecular flexibility index (Phi) is 7.30. The van der Waals surface area contributed by atoms with E-state index in [1.165, 1.54) is 47.2 Å². The number of halogens is 2. The molecule has 0 aliphatic heterocycles. The second kappa shape index (κ2) is 9.67. The van der Waals surface area contributed by atoms with Crippen LogP contribution in [0.25, 0.3) is 12.2 Å². The standard InChI is InChI=1S/C19H12F2N2O2S2/c20-18-9-14(11-22)1-3-16(18)5-7-26(24)13-27(25)8-6-17-4-2-15(12-23)10-19(17)21/h1-10H,13H2/b7-5-,8-6+. The fraction of sp³-hybridized carbons (Fsp3) is 0.0526. The lowest BCUT2D eigenvalue weighted by Gasteiger charge is -1.98. The van der Waals surface area contributed by atoms with Crippen molar-refractivity contribution in [3.05, 3.63) is 81.1 Å². The fourth-order valence-electron chi connectivity index (χ4n) is 1.96. The van der Waals surface area contributed by atoms with Crippen LogP contribution < -0.4 is 0 Å². The maximum Gasteiger partial charge on any atom is 0.131 e. The van der Waals surface area contributed by atoms with E-state index in [9.17, 15) is 17.2 Å². The van der Waals surface area contributed by atoms with E-state index in [1.807, 2.05) is 12.1 Å². The molecule has 2 rings (SSSR count). The minimum absolute atomic E-state index is 0.156. The second-order valence-electron chi connectivity index (χ2n) is 5.18. The summed E-state index contributed by atoms with van der Waals surface area (Å²) in [6, 6.07) is 11.4. The summed E-state index contributed by atoms with van der Waals surface area (Å²) in [7, 11) is -3.27. The molecule has 0 radical (unpaired) electrons. The fourth-order valence-corrected chi connectivity index (χ4v) is 4.10. The van der Waals surface area contributed by atoms with E-state index >= 15 is 0 Å². The van der Waals surface area contributed by atoms with Crippen molar-refractivity contribution in [1.82, 2.24) is 0 Å². The Balaban J connectivity index is 1.98. The van der Waals surface area contributed by atoms with Crippen LogP contribution in [0.5, 0.6) is 0 Å². The first kappa shape index (κ1) is 20.4. The first-order valence-electron chi connectivity index (χ1n) is 7.43. The van der Waals surface area contributed by atoms with Gasteiger partial charge >= 0.3 is 0 Å². The third-order valence-electron chi connectivity index (χ3n) is 3.29. The average Bonchev–Trinajstić information content (AvgIpc) is 2.65. The van der Waals surface area contributed by atoms with Gasteiger partial charge in [0.1, 0.15) is 16.7 Å². The molecule has 136 valence electrons. The molecule has 4 nitrogen and oxygen atoms in total. The van der Waals surface area contributed by atoms with Crippen LogP contribution in [0.1, 0.15) is 22.3 Å². The Morgan fingerprint density at radius 3 is 1.56 bits per heavy atom. The Bertz CT molecular complexity index is 967. The summed E-state index contributed by atoms with van der Waals surface area (Å²) in [4.78, 5) is 0. The summed E-state index contributed by atoms with van der Waals surface area (Å²) in [5, 5.41) is 19.6. The van der Waals surface area contributed by atoms with Gasteiger partial charge in [0.15, 0.2) is 0 Å². The summed E-state index contributed by atoms with van der Waals surface area (Å²) in [5.74, 6) is -1.25. The first-order chi connectivity index (χ1) is 12.9. The highest BCUT2D eigenvalue weighted by Gasteiger charge is 2.05. The largest absolute Gasteiger partial charge is 0.254 e. The topological polar surface area (TPSA) is 81.7 Å². The maximum absolute atomic E-state index is 13.7. The Morgan fingerprint density at radius 1 is 0.815 bits per heavy atom. The highest BCUT2D eigenvalue weighted by atomic mass is 32.2. The highest BCUT2D eigenvalue weighted by Crippen LogP contribution is 2.13. The Morgan fingerprint density at radius 2 is 1.22 bits per heavy atom. The quantitative estimate of drug-likeness (QED) is 0.736. The minimum atomic E-state index is -1.63. The van der Waals surface area contributed by atoms with E-state index in [0.717, 1.165) is 12.1 Å². The van der Waals surface area contributed by atoms with Crippen LogP contribution in [-0.2, 0) is 21.6 Å². The monoisotopic (exact) mass is 402 g/mol. The van der Waals surface area contributed by atoms with Crippen molar-refractivity contribution in [2.45, 2.75) is 0 Å². The third kappa shape index (κ3) is 6.07. The Labute approximate surface area is 160 Å². The predicted octanol–water partition coefficient (Wildman–Crippen LogP) is 3.80. The summed E-state index contributed by atoms with van der Waals surface area (Å²) < 4.78 is 51.3. The lowest BCUT2D eigenvalue weighted by atomic mass is 10.1. The normalized spacial score (nSPS) is 13.3. The second-order valence-corrected chi connectivity index (χ2v) is 8.19. The van der Waals surface area contributed by atoms with Crippen LogP contribution >= 0.6 is 0 Å². The average molecular weight is 402 g/mol. The van der Waals surface area contributed by atoms with Gasteiger partial charge in [-0.3, -0.25) is 8.42 Å². The third-order valence-corrected chi connectivity index (χ3v) is 6.03. The molecule has 8 heteroatoms. The summed E-state index contributed by atoms with van der Waals surface area (Å²) >= 11 is 0. The van der Waals surface area contributed by atoms with Crippen molar-refractivity contribution in [2.75, 3.05) is 5.08 Å². The number of nitriles is 2. The van der Waals surface area contributed by atoms with Gasteiger partial charge in [-0.05, 0) is 36.4 Å². The van der Waals surface area contributed by atoms with Gasteiger partial charge in [0, 0.05) is 21.9 Å².